The van der Waals surface area contributed by atoms with Crippen molar-refractivity contribution in [1.29, 1.82) is 0 Å². The number of ether oxygens (including phenoxy) is 1. The fourth-order valence-corrected chi connectivity index (χ4v) is 3.68. The van der Waals surface area contributed by atoms with Crippen LogP contribution in [0.25, 0.3) is 0 Å². The van der Waals surface area contributed by atoms with Crippen molar-refractivity contribution in [3.8, 4) is 5.75 Å². The van der Waals surface area contributed by atoms with Crippen molar-refractivity contribution in [2.45, 2.75) is 30.5 Å². The zero-order chi connectivity index (χ0) is 16.9. The van der Waals surface area contributed by atoms with Gasteiger partial charge in [0, 0.05) is 6.54 Å². The number of nitrogens with one attached hydrogen (secondary N) is 1. The highest BCUT2D eigenvalue weighted by atomic mass is 32.2. The third-order valence-electron chi connectivity index (χ3n) is 3.51. The largest absolute Gasteiger partial charge is 0.573 e. The highest BCUT2D eigenvalue weighted by Crippen LogP contribution is 2.29. The first kappa shape index (κ1) is 18.0. The third kappa shape index (κ3) is 5.67. The van der Waals surface area contributed by atoms with Crippen molar-refractivity contribution in [3.63, 3.8) is 0 Å². The number of alkyl halides is 3. The molecule has 1 fully saturated rings. The highest BCUT2D eigenvalue weighted by Gasteiger charge is 2.33. The lowest BCUT2D eigenvalue weighted by Gasteiger charge is -2.16. The van der Waals surface area contributed by atoms with E-state index < -0.39 is 27.0 Å². The molecule has 0 saturated carbocycles. The third-order valence-corrected chi connectivity index (χ3v) is 5.01. The number of benzene rings is 1. The van der Waals surface area contributed by atoms with Gasteiger partial charge in [0.2, 0.25) is 10.0 Å². The second kappa shape index (κ2) is 7.50. The topological polar surface area (TPSA) is 58.6 Å². The van der Waals surface area contributed by atoms with Gasteiger partial charge in [-0.1, -0.05) is 12.1 Å². The van der Waals surface area contributed by atoms with Gasteiger partial charge in [-0.2, -0.15) is 0 Å². The van der Waals surface area contributed by atoms with E-state index in [1.165, 1.54) is 12.1 Å². The maximum absolute atomic E-state index is 12.3. The number of halogens is 3. The molecule has 1 aliphatic heterocycles. The molecule has 1 aliphatic rings. The highest BCUT2D eigenvalue weighted by molar-refractivity contribution is 7.89. The predicted octanol–water partition coefficient (Wildman–Crippen LogP) is 2.35. The zero-order valence-electron chi connectivity index (χ0n) is 12.5. The molecular weight excluding hydrogens is 333 g/mol. The lowest BCUT2D eigenvalue weighted by atomic mass is 10.3. The van der Waals surface area contributed by atoms with Gasteiger partial charge in [-0.05, 0) is 51.0 Å². The maximum Gasteiger partial charge on any atom is 0.573 e. The van der Waals surface area contributed by atoms with E-state index in [2.05, 4.69) is 14.4 Å². The normalized spacial score (nSPS) is 16.7. The molecule has 0 unspecified atom stereocenters. The van der Waals surface area contributed by atoms with Crippen LogP contribution in [0.5, 0.6) is 5.75 Å². The monoisotopic (exact) mass is 352 g/mol. The first-order valence-electron chi connectivity index (χ1n) is 7.35. The van der Waals surface area contributed by atoms with Crippen molar-refractivity contribution in [2.24, 2.45) is 0 Å². The Morgan fingerprint density at radius 1 is 1.17 bits per heavy atom. The summed E-state index contributed by atoms with van der Waals surface area (Å²) in [7, 11) is -4.05. The summed E-state index contributed by atoms with van der Waals surface area (Å²) in [5.74, 6) is -0.730. The minimum atomic E-state index is -4.94. The molecule has 2 rings (SSSR count). The maximum atomic E-state index is 12.3. The van der Waals surface area contributed by atoms with Gasteiger partial charge < -0.3 is 9.64 Å². The van der Waals surface area contributed by atoms with Crippen molar-refractivity contribution < 1.29 is 26.3 Å². The fraction of sp³-hybridized carbons (Fsp3) is 0.571. The molecule has 0 atom stereocenters. The summed E-state index contributed by atoms with van der Waals surface area (Å²) in [6.07, 6.45) is -2.05. The molecule has 1 aromatic carbocycles. The molecule has 0 aliphatic carbocycles. The van der Waals surface area contributed by atoms with E-state index in [-0.39, 0.29) is 6.54 Å². The summed E-state index contributed by atoms with van der Waals surface area (Å²) in [4.78, 5) is 1.72. The Hall–Kier alpha value is -1.32. The van der Waals surface area contributed by atoms with Gasteiger partial charge in [-0.25, -0.2) is 13.1 Å². The quantitative estimate of drug-likeness (QED) is 0.766. The van der Waals surface area contributed by atoms with Gasteiger partial charge >= 0.3 is 6.36 Å². The Bertz CT molecular complexity index is 614. The molecule has 0 spiro atoms. The van der Waals surface area contributed by atoms with E-state index >= 15 is 0 Å². The molecule has 9 heteroatoms. The minimum absolute atomic E-state index is 0.166. The average Bonchev–Trinajstić information content (AvgIpc) is 2.95. The number of hydrogen-bond acceptors (Lipinski definition) is 4. The molecule has 0 amide bonds. The number of likely N-dealkylation sites (tertiary alicyclic amines) is 1. The second-order valence-electron chi connectivity index (χ2n) is 5.29. The average molecular weight is 352 g/mol. The predicted molar refractivity (Wildman–Crippen MR) is 78.6 cm³/mol. The SMILES string of the molecule is O=S(=O)(NCCCN1CCCC1)c1ccccc1OC(F)(F)F. The van der Waals surface area contributed by atoms with Crippen LogP contribution in [0.4, 0.5) is 13.2 Å². The van der Waals surface area contributed by atoms with Gasteiger partial charge in [0.05, 0.1) is 0 Å². The van der Waals surface area contributed by atoms with Crippen molar-refractivity contribution in [1.82, 2.24) is 9.62 Å². The van der Waals surface area contributed by atoms with Crippen LogP contribution in [-0.4, -0.2) is 45.9 Å². The summed E-state index contributed by atoms with van der Waals surface area (Å²) in [5, 5.41) is 0. The van der Waals surface area contributed by atoms with E-state index in [1.807, 2.05) is 0 Å². The van der Waals surface area contributed by atoms with E-state index in [9.17, 15) is 21.6 Å². The molecular formula is C14H19F3N2O3S. The van der Waals surface area contributed by atoms with Gasteiger partial charge in [0.15, 0.2) is 0 Å². The van der Waals surface area contributed by atoms with Crippen LogP contribution in [0.1, 0.15) is 19.3 Å². The number of rotatable bonds is 7. The van der Waals surface area contributed by atoms with Crippen LogP contribution < -0.4 is 9.46 Å². The summed E-state index contributed by atoms with van der Waals surface area (Å²) in [5.41, 5.74) is 0. The van der Waals surface area contributed by atoms with Crippen LogP contribution in [-0.2, 0) is 10.0 Å². The number of hydrogen-bond donors (Lipinski definition) is 1. The van der Waals surface area contributed by atoms with E-state index in [0.717, 1.165) is 44.6 Å². The zero-order valence-corrected chi connectivity index (χ0v) is 13.3. The molecule has 0 bridgehead atoms. The molecule has 23 heavy (non-hydrogen) atoms. The Kier molecular flexibility index (Phi) is 5.88. The van der Waals surface area contributed by atoms with Gasteiger partial charge in [0.25, 0.3) is 0 Å². The van der Waals surface area contributed by atoms with E-state index in [0.29, 0.717) is 6.42 Å². The molecule has 0 aromatic heterocycles. The number of para-hydroxylation sites is 1. The van der Waals surface area contributed by atoms with Gasteiger partial charge in [-0.3, -0.25) is 0 Å². The Morgan fingerprint density at radius 3 is 2.48 bits per heavy atom. The van der Waals surface area contributed by atoms with Crippen molar-refractivity contribution in [2.75, 3.05) is 26.2 Å². The molecule has 0 radical (unpaired) electrons. The van der Waals surface area contributed by atoms with Crippen LogP contribution >= 0.6 is 0 Å². The molecule has 1 aromatic rings. The summed E-state index contributed by atoms with van der Waals surface area (Å²) < 4.78 is 67.5. The second-order valence-corrected chi connectivity index (χ2v) is 7.03. The van der Waals surface area contributed by atoms with Crippen LogP contribution in [0.3, 0.4) is 0 Å². The summed E-state index contributed by atoms with van der Waals surface area (Å²) >= 11 is 0. The van der Waals surface area contributed by atoms with Crippen LogP contribution in [0.15, 0.2) is 29.2 Å². The van der Waals surface area contributed by atoms with Crippen molar-refractivity contribution in [3.05, 3.63) is 24.3 Å². The lowest BCUT2D eigenvalue weighted by molar-refractivity contribution is -0.275. The molecule has 5 nitrogen and oxygen atoms in total. The summed E-state index contributed by atoms with van der Waals surface area (Å²) in [6.45, 7) is 2.95. The minimum Gasteiger partial charge on any atom is -0.404 e. The fourth-order valence-electron chi connectivity index (χ4n) is 2.47. The smallest absolute Gasteiger partial charge is 0.404 e. The van der Waals surface area contributed by atoms with Crippen LogP contribution in [0, 0.1) is 0 Å². The molecule has 1 heterocycles. The number of nitrogens with zero attached hydrogens (tertiary/aromatic N) is 1. The Morgan fingerprint density at radius 2 is 1.83 bits per heavy atom. The summed E-state index contributed by atoms with van der Waals surface area (Å²) in [6, 6.07) is 4.70. The Balaban J connectivity index is 1.95. The standard InChI is InChI=1S/C14H19F3N2O3S/c15-14(16,17)22-12-6-1-2-7-13(12)23(20,21)18-8-5-11-19-9-3-4-10-19/h1-2,6-7,18H,3-5,8-11H2. The Labute approximate surface area is 133 Å². The molecule has 1 N–H and O–H groups in total. The van der Waals surface area contributed by atoms with Gasteiger partial charge in [0.1, 0.15) is 10.6 Å². The molecule has 1 saturated heterocycles. The van der Waals surface area contributed by atoms with E-state index in [4.69, 9.17) is 0 Å². The van der Waals surface area contributed by atoms with Gasteiger partial charge in [-0.15, -0.1) is 13.2 Å². The van der Waals surface area contributed by atoms with E-state index in [1.54, 1.807) is 0 Å². The molecule has 130 valence electrons. The van der Waals surface area contributed by atoms with Crippen molar-refractivity contribution >= 4 is 10.0 Å². The lowest BCUT2D eigenvalue weighted by Crippen LogP contribution is -2.29. The first-order valence-corrected chi connectivity index (χ1v) is 8.83. The first-order chi connectivity index (χ1) is 10.8. The number of sulfonamides is 1. The van der Waals surface area contributed by atoms with Crippen LogP contribution in [0.2, 0.25) is 0 Å².